The van der Waals surface area contributed by atoms with Gasteiger partial charge in [0.15, 0.2) is 0 Å². The van der Waals surface area contributed by atoms with Crippen LogP contribution in [0.3, 0.4) is 0 Å². The molecule has 8 atom stereocenters. The van der Waals surface area contributed by atoms with Crippen LogP contribution in [0.1, 0.15) is 346 Å². The first-order chi connectivity index (χ1) is 35.4. The Bertz CT molecular complexity index is 1130. The maximum atomic E-state index is 10.7. The molecule has 0 amide bonds. The summed E-state index contributed by atoms with van der Waals surface area (Å²) in [6, 6.07) is 0. The van der Waals surface area contributed by atoms with Gasteiger partial charge in [-0.3, -0.25) is 38.4 Å². The molecule has 8 nitrogen and oxygen atoms in total. The Labute approximate surface area is 476 Å². The molecule has 0 saturated heterocycles. The first-order valence-electron chi connectivity index (χ1n) is 31.5. The van der Waals surface area contributed by atoms with E-state index in [1.807, 2.05) is 55.4 Å². The standard InChI is InChI=1S/4C9H18O.4C8H16O/c4*1-4-5-6-7-8(2)9(3)10;4*1-4-5-6-7(2)8(3)9/h4*8H,4-7H2,1-3H3;4*7H,4-6H2,1-3H3/t4*8-;4*7-/m11111111/s1. The first kappa shape index (κ1) is 89.9. The van der Waals surface area contributed by atoms with Crippen molar-refractivity contribution in [2.45, 2.75) is 346 Å². The quantitative estimate of drug-likeness (QED) is 0.0566. The molecule has 0 bridgehead atoms. The van der Waals surface area contributed by atoms with Crippen LogP contribution in [-0.4, -0.2) is 46.3 Å². The van der Waals surface area contributed by atoms with E-state index in [0.29, 0.717) is 46.3 Å². The number of carbonyl (C=O) groups is 8. The van der Waals surface area contributed by atoms with Crippen molar-refractivity contribution in [3.63, 3.8) is 0 Å². The predicted octanol–water partition coefficient (Wildman–Crippen LogP) is 20.8. The van der Waals surface area contributed by atoms with E-state index in [1.165, 1.54) is 128 Å². The van der Waals surface area contributed by atoms with Crippen molar-refractivity contribution in [1.82, 2.24) is 0 Å². The molecule has 0 heterocycles. The van der Waals surface area contributed by atoms with Gasteiger partial charge in [-0.05, 0) is 107 Å². The SMILES string of the molecule is CCCCC[C@@H](C)C(C)=O.CCCCC[C@@H](C)C(C)=O.CCCCC[C@@H](C)C(C)=O.CCCCC[C@@H](C)C(C)=O.CCCC[C@@H](C)C(C)=O.CCCC[C@@H](C)C(C)=O.CCCC[C@@H](C)C(C)=O.CCCC[C@@H](C)C(C)=O. The molecule has 0 fully saturated rings. The van der Waals surface area contributed by atoms with Gasteiger partial charge in [0.2, 0.25) is 0 Å². The molecular weight excluding hydrogens is 945 g/mol. The average molecular weight is 1080 g/mol. The molecule has 0 radical (unpaired) electrons. The van der Waals surface area contributed by atoms with Crippen molar-refractivity contribution in [2.24, 2.45) is 47.3 Å². The molecule has 456 valence electrons. The minimum Gasteiger partial charge on any atom is -0.300 e. The summed E-state index contributed by atoms with van der Waals surface area (Å²) in [4.78, 5) is 85.6. The van der Waals surface area contributed by atoms with Crippen LogP contribution in [0.5, 0.6) is 0 Å². The lowest BCUT2D eigenvalue weighted by Gasteiger charge is -2.04. The molecule has 8 heteroatoms. The van der Waals surface area contributed by atoms with Crippen LogP contribution in [0.2, 0.25) is 0 Å². The van der Waals surface area contributed by atoms with Crippen LogP contribution in [0.15, 0.2) is 0 Å². The Morgan fingerprint density at radius 1 is 0.184 bits per heavy atom. The third-order valence-electron chi connectivity index (χ3n) is 14.5. The maximum Gasteiger partial charge on any atom is 0.132 e. The molecular formula is C68H136O8. The van der Waals surface area contributed by atoms with Gasteiger partial charge in [-0.25, -0.2) is 0 Å². The highest BCUT2D eigenvalue weighted by molar-refractivity contribution is 5.80. The third kappa shape index (κ3) is 82.7. The second-order valence-electron chi connectivity index (χ2n) is 22.6. The molecule has 0 unspecified atom stereocenters. The first-order valence-corrected chi connectivity index (χ1v) is 31.5. The second kappa shape index (κ2) is 68.5. The van der Waals surface area contributed by atoms with E-state index in [2.05, 4.69) is 55.4 Å². The molecule has 0 spiro atoms. The van der Waals surface area contributed by atoms with E-state index >= 15 is 0 Å². The highest BCUT2D eigenvalue weighted by atomic mass is 16.2. The van der Waals surface area contributed by atoms with Gasteiger partial charge in [0.25, 0.3) is 0 Å². The van der Waals surface area contributed by atoms with E-state index in [-0.39, 0.29) is 47.3 Å². The predicted molar refractivity (Wildman–Crippen MR) is 333 cm³/mol. The molecule has 0 aliphatic rings. The van der Waals surface area contributed by atoms with E-state index in [1.54, 1.807) is 55.4 Å². The Morgan fingerprint density at radius 2 is 0.276 bits per heavy atom. The van der Waals surface area contributed by atoms with Gasteiger partial charge in [-0.1, -0.05) is 239 Å². The number of carbonyl (C=O) groups excluding carboxylic acids is 8. The number of ketones is 8. The summed E-state index contributed by atoms with van der Waals surface area (Å²) >= 11 is 0. The average Bonchev–Trinajstić information content (AvgIpc) is 3.36. The van der Waals surface area contributed by atoms with Crippen molar-refractivity contribution in [3.05, 3.63) is 0 Å². The fourth-order valence-electron chi connectivity index (χ4n) is 6.47. The molecule has 0 aliphatic heterocycles. The summed E-state index contributed by atoms with van der Waals surface area (Å²) in [5, 5.41) is 0. The van der Waals surface area contributed by atoms with E-state index in [9.17, 15) is 38.4 Å². The lowest BCUT2D eigenvalue weighted by atomic mass is 10.0. The number of hydrogen-bond acceptors (Lipinski definition) is 8. The molecule has 0 aromatic heterocycles. The van der Waals surface area contributed by atoms with Crippen LogP contribution < -0.4 is 0 Å². The van der Waals surface area contributed by atoms with E-state index in [4.69, 9.17) is 0 Å². The van der Waals surface area contributed by atoms with Gasteiger partial charge in [-0.2, -0.15) is 0 Å². The van der Waals surface area contributed by atoms with E-state index < -0.39 is 0 Å². The van der Waals surface area contributed by atoms with Crippen LogP contribution in [0.25, 0.3) is 0 Å². The normalized spacial score (nSPS) is 13.2. The molecule has 0 saturated carbocycles. The molecule has 0 rings (SSSR count). The fraction of sp³-hybridized carbons (Fsp3) is 0.882. The van der Waals surface area contributed by atoms with Crippen molar-refractivity contribution < 1.29 is 38.4 Å². The summed E-state index contributed by atoms with van der Waals surface area (Å²) in [6.07, 6.45) is 32.9. The van der Waals surface area contributed by atoms with Gasteiger partial charge >= 0.3 is 0 Å². The topological polar surface area (TPSA) is 137 Å². The van der Waals surface area contributed by atoms with Crippen LogP contribution in [-0.2, 0) is 38.4 Å². The van der Waals surface area contributed by atoms with Crippen molar-refractivity contribution in [2.75, 3.05) is 0 Å². The van der Waals surface area contributed by atoms with Crippen molar-refractivity contribution in [3.8, 4) is 0 Å². The zero-order valence-corrected chi connectivity index (χ0v) is 55.7. The minimum atomic E-state index is 0.282. The number of hydrogen-bond donors (Lipinski definition) is 0. The highest BCUT2D eigenvalue weighted by Crippen LogP contribution is 2.14. The zero-order chi connectivity index (χ0) is 61.0. The molecule has 0 aromatic carbocycles. The van der Waals surface area contributed by atoms with Gasteiger partial charge in [0.1, 0.15) is 46.3 Å². The van der Waals surface area contributed by atoms with Gasteiger partial charge in [0.05, 0.1) is 0 Å². The fourth-order valence-corrected chi connectivity index (χ4v) is 6.47. The van der Waals surface area contributed by atoms with Gasteiger partial charge in [0, 0.05) is 47.3 Å². The lowest BCUT2D eigenvalue weighted by Crippen LogP contribution is -2.05. The van der Waals surface area contributed by atoms with Crippen LogP contribution in [0, 0.1) is 47.3 Å². The number of unbranched alkanes of at least 4 members (excludes halogenated alkanes) is 12. The number of Topliss-reactive ketones (excluding diaryl/α,β-unsaturated/α-hetero) is 8. The molecule has 0 aromatic rings. The molecule has 0 N–H and O–H groups in total. The Hall–Kier alpha value is -2.64. The molecule has 76 heavy (non-hydrogen) atoms. The third-order valence-corrected chi connectivity index (χ3v) is 14.5. The Kier molecular flexibility index (Phi) is 81.0. The summed E-state index contributed by atoms with van der Waals surface area (Å²) in [7, 11) is 0. The van der Waals surface area contributed by atoms with Crippen LogP contribution in [0.4, 0.5) is 0 Å². The van der Waals surface area contributed by atoms with Crippen molar-refractivity contribution >= 4 is 46.3 Å². The van der Waals surface area contributed by atoms with Crippen molar-refractivity contribution in [1.29, 1.82) is 0 Å². The van der Waals surface area contributed by atoms with E-state index in [0.717, 1.165) is 51.4 Å². The summed E-state index contributed by atoms with van der Waals surface area (Å²) < 4.78 is 0. The summed E-state index contributed by atoms with van der Waals surface area (Å²) in [5.41, 5.74) is 0. The maximum absolute atomic E-state index is 10.7. The molecule has 0 aliphatic carbocycles. The monoisotopic (exact) mass is 1080 g/mol. The smallest absolute Gasteiger partial charge is 0.132 e. The minimum absolute atomic E-state index is 0.282. The number of rotatable bonds is 36. The Morgan fingerprint density at radius 3 is 0.355 bits per heavy atom. The van der Waals surface area contributed by atoms with Gasteiger partial charge in [-0.15, -0.1) is 0 Å². The lowest BCUT2D eigenvalue weighted by molar-refractivity contribution is -0.121. The highest BCUT2D eigenvalue weighted by Gasteiger charge is 2.10. The summed E-state index contributed by atoms with van der Waals surface area (Å²) in [5.74, 6) is 4.87. The Balaban J connectivity index is -0.000000116. The zero-order valence-electron chi connectivity index (χ0n) is 55.7. The van der Waals surface area contributed by atoms with Gasteiger partial charge < -0.3 is 0 Å². The largest absolute Gasteiger partial charge is 0.300 e. The van der Waals surface area contributed by atoms with Crippen LogP contribution >= 0.6 is 0 Å². The second-order valence-corrected chi connectivity index (χ2v) is 22.6. The summed E-state index contributed by atoms with van der Waals surface area (Å²) in [6.45, 7) is 46.7.